The molecule has 0 aliphatic carbocycles. The van der Waals surface area contributed by atoms with E-state index in [1.807, 2.05) is 0 Å². The minimum atomic E-state index is -0.853. The van der Waals surface area contributed by atoms with Gasteiger partial charge < -0.3 is 9.63 Å². The SMILES string of the molecule is CC(C)CSCc1noc(CCC(=O)O)n1. The summed E-state index contributed by atoms with van der Waals surface area (Å²) in [5.74, 6) is 2.61. The van der Waals surface area contributed by atoms with Gasteiger partial charge in [-0.05, 0) is 11.7 Å². The van der Waals surface area contributed by atoms with Gasteiger partial charge in [0.05, 0.1) is 12.2 Å². The lowest BCUT2D eigenvalue weighted by Crippen LogP contribution is -1.97. The molecule has 5 nitrogen and oxygen atoms in total. The fourth-order valence-corrected chi connectivity index (χ4v) is 1.94. The van der Waals surface area contributed by atoms with E-state index in [1.165, 1.54) is 0 Å². The summed E-state index contributed by atoms with van der Waals surface area (Å²) < 4.78 is 4.93. The molecule has 0 atom stereocenters. The smallest absolute Gasteiger partial charge is 0.303 e. The number of nitrogens with zero attached hydrogens (tertiary/aromatic N) is 2. The Kier molecular flexibility index (Phi) is 5.31. The van der Waals surface area contributed by atoms with Crippen LogP contribution in [0.1, 0.15) is 32.0 Å². The number of hydrogen-bond acceptors (Lipinski definition) is 5. The number of carbonyl (C=O) groups is 1. The number of carboxylic acid groups (broad SMARTS) is 1. The van der Waals surface area contributed by atoms with E-state index in [-0.39, 0.29) is 6.42 Å². The molecule has 0 aromatic carbocycles. The largest absolute Gasteiger partial charge is 0.481 e. The third-order valence-electron chi connectivity index (χ3n) is 1.75. The number of hydrogen-bond donors (Lipinski definition) is 1. The topological polar surface area (TPSA) is 76.2 Å². The monoisotopic (exact) mass is 244 g/mol. The Labute approximate surface area is 98.6 Å². The fourth-order valence-electron chi connectivity index (χ4n) is 1.05. The summed E-state index contributed by atoms with van der Waals surface area (Å²) in [5.41, 5.74) is 0. The van der Waals surface area contributed by atoms with Crippen LogP contribution in [-0.4, -0.2) is 27.0 Å². The highest BCUT2D eigenvalue weighted by atomic mass is 32.2. The van der Waals surface area contributed by atoms with Crippen LogP contribution in [-0.2, 0) is 17.0 Å². The molecule has 0 radical (unpaired) electrons. The van der Waals surface area contributed by atoms with Gasteiger partial charge in [-0.3, -0.25) is 4.79 Å². The maximum absolute atomic E-state index is 10.3. The van der Waals surface area contributed by atoms with Crippen LogP contribution < -0.4 is 0 Å². The summed E-state index contributed by atoms with van der Waals surface area (Å²) in [6.45, 7) is 4.31. The lowest BCUT2D eigenvalue weighted by molar-refractivity contribution is -0.137. The van der Waals surface area contributed by atoms with Crippen molar-refractivity contribution in [3.63, 3.8) is 0 Å². The predicted molar refractivity (Wildman–Crippen MR) is 61.3 cm³/mol. The van der Waals surface area contributed by atoms with Crippen LogP contribution in [0, 0.1) is 5.92 Å². The van der Waals surface area contributed by atoms with Gasteiger partial charge in [-0.15, -0.1) is 0 Å². The van der Waals surface area contributed by atoms with E-state index in [1.54, 1.807) is 11.8 Å². The Morgan fingerprint density at radius 1 is 1.56 bits per heavy atom. The zero-order valence-corrected chi connectivity index (χ0v) is 10.3. The molecule has 90 valence electrons. The number of aromatic nitrogens is 2. The molecule has 1 heterocycles. The fraction of sp³-hybridized carbons (Fsp3) is 0.700. The van der Waals surface area contributed by atoms with Crippen molar-refractivity contribution in [1.29, 1.82) is 0 Å². The van der Waals surface area contributed by atoms with E-state index in [0.29, 0.717) is 24.1 Å². The molecule has 1 N–H and O–H groups in total. The van der Waals surface area contributed by atoms with Crippen molar-refractivity contribution in [3.8, 4) is 0 Å². The Balaban J connectivity index is 2.30. The van der Waals surface area contributed by atoms with Crippen molar-refractivity contribution in [1.82, 2.24) is 10.1 Å². The minimum Gasteiger partial charge on any atom is -0.481 e. The van der Waals surface area contributed by atoms with Gasteiger partial charge >= 0.3 is 5.97 Å². The summed E-state index contributed by atoms with van der Waals surface area (Å²) in [4.78, 5) is 14.4. The van der Waals surface area contributed by atoms with Crippen LogP contribution in [0.2, 0.25) is 0 Å². The van der Waals surface area contributed by atoms with Gasteiger partial charge in [0.1, 0.15) is 0 Å². The van der Waals surface area contributed by atoms with Crippen molar-refractivity contribution < 1.29 is 14.4 Å². The van der Waals surface area contributed by atoms with Gasteiger partial charge in [0.25, 0.3) is 0 Å². The Bertz CT molecular complexity index is 339. The molecule has 1 rings (SSSR count). The van der Waals surface area contributed by atoms with E-state index in [0.717, 1.165) is 11.5 Å². The molecule has 0 amide bonds. The highest BCUT2D eigenvalue weighted by Crippen LogP contribution is 2.13. The predicted octanol–water partition coefficient (Wildman–Crippen LogP) is 1.98. The maximum atomic E-state index is 10.3. The Hall–Kier alpha value is -1.04. The van der Waals surface area contributed by atoms with Gasteiger partial charge in [-0.2, -0.15) is 16.7 Å². The lowest BCUT2D eigenvalue weighted by Gasteiger charge is -2.00. The van der Waals surface area contributed by atoms with Gasteiger partial charge in [-0.25, -0.2) is 0 Å². The second kappa shape index (κ2) is 6.52. The molecule has 6 heteroatoms. The maximum Gasteiger partial charge on any atom is 0.303 e. The van der Waals surface area contributed by atoms with E-state index in [4.69, 9.17) is 9.63 Å². The number of thioether (sulfide) groups is 1. The summed E-state index contributed by atoms with van der Waals surface area (Å²) in [7, 11) is 0. The zero-order valence-electron chi connectivity index (χ0n) is 9.47. The molecule has 0 saturated heterocycles. The number of rotatable bonds is 7. The van der Waals surface area contributed by atoms with E-state index in [2.05, 4.69) is 24.0 Å². The lowest BCUT2D eigenvalue weighted by atomic mass is 10.3. The van der Waals surface area contributed by atoms with Crippen LogP contribution in [0.3, 0.4) is 0 Å². The molecule has 0 unspecified atom stereocenters. The van der Waals surface area contributed by atoms with Gasteiger partial charge in [0, 0.05) is 6.42 Å². The van der Waals surface area contributed by atoms with Crippen LogP contribution in [0.5, 0.6) is 0 Å². The molecule has 0 saturated carbocycles. The van der Waals surface area contributed by atoms with E-state index < -0.39 is 5.97 Å². The summed E-state index contributed by atoms with van der Waals surface area (Å²) >= 11 is 1.75. The molecule has 0 fully saturated rings. The van der Waals surface area contributed by atoms with Crippen molar-refractivity contribution in [3.05, 3.63) is 11.7 Å². The second-order valence-corrected chi connectivity index (χ2v) is 4.94. The highest BCUT2D eigenvalue weighted by molar-refractivity contribution is 7.98. The van der Waals surface area contributed by atoms with E-state index >= 15 is 0 Å². The summed E-state index contributed by atoms with van der Waals surface area (Å²) in [6, 6.07) is 0. The third kappa shape index (κ3) is 5.16. The van der Waals surface area contributed by atoms with Crippen molar-refractivity contribution >= 4 is 17.7 Å². The van der Waals surface area contributed by atoms with Gasteiger partial charge in [-0.1, -0.05) is 19.0 Å². The minimum absolute atomic E-state index is 0.0285. The first-order valence-electron chi connectivity index (χ1n) is 5.19. The molecule has 1 aromatic heterocycles. The molecule has 0 aliphatic rings. The summed E-state index contributed by atoms with van der Waals surface area (Å²) in [5, 5.41) is 12.3. The number of aliphatic carboxylic acids is 1. The van der Waals surface area contributed by atoms with Crippen LogP contribution >= 0.6 is 11.8 Å². The number of carboxylic acids is 1. The molecular formula is C10H16N2O3S. The Morgan fingerprint density at radius 2 is 2.31 bits per heavy atom. The third-order valence-corrected chi connectivity index (χ3v) is 3.11. The van der Waals surface area contributed by atoms with Crippen LogP contribution in [0.15, 0.2) is 4.52 Å². The molecule has 16 heavy (non-hydrogen) atoms. The van der Waals surface area contributed by atoms with Crippen LogP contribution in [0.4, 0.5) is 0 Å². The zero-order chi connectivity index (χ0) is 12.0. The standard InChI is InChI=1S/C10H16N2O3S/c1-7(2)5-16-6-8-11-9(15-12-8)3-4-10(13)14/h7H,3-6H2,1-2H3,(H,13,14). The normalized spacial score (nSPS) is 10.9. The van der Waals surface area contributed by atoms with Crippen molar-refractivity contribution in [2.45, 2.75) is 32.4 Å². The first-order valence-corrected chi connectivity index (χ1v) is 6.34. The number of aryl methyl sites for hydroxylation is 1. The molecule has 0 bridgehead atoms. The Morgan fingerprint density at radius 3 is 2.94 bits per heavy atom. The second-order valence-electron chi connectivity index (χ2n) is 3.91. The molecule has 0 aliphatic heterocycles. The first-order chi connectivity index (χ1) is 7.58. The highest BCUT2D eigenvalue weighted by Gasteiger charge is 2.08. The quantitative estimate of drug-likeness (QED) is 0.790. The van der Waals surface area contributed by atoms with Gasteiger partial charge in [0.2, 0.25) is 5.89 Å². The average molecular weight is 244 g/mol. The first kappa shape index (κ1) is 13.0. The average Bonchev–Trinajstić information content (AvgIpc) is 2.62. The van der Waals surface area contributed by atoms with E-state index in [9.17, 15) is 4.79 Å². The molecule has 0 spiro atoms. The van der Waals surface area contributed by atoms with Crippen molar-refractivity contribution in [2.75, 3.05) is 5.75 Å². The van der Waals surface area contributed by atoms with Crippen molar-refractivity contribution in [2.24, 2.45) is 5.92 Å². The summed E-state index contributed by atoms with van der Waals surface area (Å²) in [6.07, 6.45) is 0.331. The molecular weight excluding hydrogens is 228 g/mol. The van der Waals surface area contributed by atoms with Crippen LogP contribution in [0.25, 0.3) is 0 Å². The molecule has 1 aromatic rings. The van der Waals surface area contributed by atoms with Gasteiger partial charge in [0.15, 0.2) is 5.82 Å².